The number of hydrogen-bond acceptors (Lipinski definition) is 3. The molecule has 0 aliphatic carbocycles. The number of amides is 1. The normalized spacial score (nSPS) is 12.0. The number of rotatable bonds is 7. The summed E-state index contributed by atoms with van der Waals surface area (Å²) in [7, 11) is 0. The number of benzene rings is 2. The van der Waals surface area contributed by atoms with Crippen molar-refractivity contribution >= 4 is 5.91 Å². The van der Waals surface area contributed by atoms with Crippen LogP contribution in [0, 0.1) is 13.8 Å². The van der Waals surface area contributed by atoms with Crippen molar-refractivity contribution in [2.24, 2.45) is 0 Å². The molecule has 27 heavy (non-hydrogen) atoms. The van der Waals surface area contributed by atoms with Gasteiger partial charge in [0, 0.05) is 18.4 Å². The molecule has 3 aromatic rings. The number of oxazole rings is 1. The van der Waals surface area contributed by atoms with Crippen LogP contribution in [0.25, 0.3) is 11.3 Å². The molecule has 3 rings (SSSR count). The summed E-state index contributed by atoms with van der Waals surface area (Å²) >= 11 is 0. The zero-order valence-corrected chi connectivity index (χ0v) is 16.2. The largest absolute Gasteiger partial charge is 0.441 e. The van der Waals surface area contributed by atoms with E-state index in [1.54, 1.807) is 6.20 Å². The van der Waals surface area contributed by atoms with Crippen LogP contribution in [0.4, 0.5) is 0 Å². The highest BCUT2D eigenvalue weighted by Gasteiger charge is 2.14. The van der Waals surface area contributed by atoms with E-state index in [1.165, 1.54) is 11.1 Å². The number of nitrogens with one attached hydrogen (secondary N) is 1. The van der Waals surface area contributed by atoms with Gasteiger partial charge in [-0.3, -0.25) is 4.79 Å². The first-order chi connectivity index (χ1) is 13.0. The lowest BCUT2D eigenvalue weighted by molar-refractivity contribution is -0.121. The van der Waals surface area contributed by atoms with Crippen LogP contribution >= 0.6 is 0 Å². The van der Waals surface area contributed by atoms with Crippen LogP contribution < -0.4 is 5.32 Å². The van der Waals surface area contributed by atoms with Crippen LogP contribution in [0.15, 0.2) is 59.1 Å². The molecule has 0 saturated carbocycles. The summed E-state index contributed by atoms with van der Waals surface area (Å²) in [4.78, 5) is 16.7. The first kappa shape index (κ1) is 18.9. The van der Waals surface area contributed by atoms with Crippen LogP contribution in [0.2, 0.25) is 0 Å². The lowest BCUT2D eigenvalue weighted by atomic mass is 10.0. The van der Waals surface area contributed by atoms with Crippen molar-refractivity contribution < 1.29 is 9.21 Å². The minimum absolute atomic E-state index is 0.0116. The van der Waals surface area contributed by atoms with E-state index in [2.05, 4.69) is 48.4 Å². The SMILES string of the molecule is CCC(NC(=O)CCc1ncc(-c2ccc(C)cc2)o1)c1ccc(C)cc1. The van der Waals surface area contributed by atoms with Crippen LogP contribution in [0.5, 0.6) is 0 Å². The molecule has 1 heterocycles. The van der Waals surface area contributed by atoms with Crippen LogP contribution in [-0.4, -0.2) is 10.9 Å². The Balaban J connectivity index is 1.55. The first-order valence-corrected chi connectivity index (χ1v) is 9.43. The summed E-state index contributed by atoms with van der Waals surface area (Å²) in [5, 5.41) is 3.11. The molecule has 1 N–H and O–H groups in total. The topological polar surface area (TPSA) is 55.1 Å². The Morgan fingerprint density at radius 3 is 2.30 bits per heavy atom. The maximum absolute atomic E-state index is 12.4. The Morgan fingerprint density at radius 1 is 1.04 bits per heavy atom. The summed E-state index contributed by atoms with van der Waals surface area (Å²) < 4.78 is 5.80. The number of hydrogen-bond donors (Lipinski definition) is 1. The third-order valence-corrected chi connectivity index (χ3v) is 4.68. The van der Waals surface area contributed by atoms with Crippen molar-refractivity contribution in [3.63, 3.8) is 0 Å². The van der Waals surface area contributed by atoms with Gasteiger partial charge in [0.15, 0.2) is 11.7 Å². The van der Waals surface area contributed by atoms with Crippen molar-refractivity contribution in [3.8, 4) is 11.3 Å². The number of carbonyl (C=O) groups excluding carboxylic acids is 1. The van der Waals surface area contributed by atoms with Gasteiger partial charge < -0.3 is 9.73 Å². The van der Waals surface area contributed by atoms with Crippen molar-refractivity contribution in [2.45, 2.75) is 46.1 Å². The van der Waals surface area contributed by atoms with Crippen molar-refractivity contribution in [3.05, 3.63) is 77.3 Å². The highest BCUT2D eigenvalue weighted by Crippen LogP contribution is 2.22. The molecule has 0 bridgehead atoms. The minimum Gasteiger partial charge on any atom is -0.441 e. The fourth-order valence-corrected chi connectivity index (χ4v) is 2.98. The van der Waals surface area contributed by atoms with Gasteiger partial charge in [0.2, 0.25) is 5.91 Å². The summed E-state index contributed by atoms with van der Waals surface area (Å²) in [5.41, 5.74) is 4.55. The molecule has 1 amide bonds. The predicted molar refractivity (Wildman–Crippen MR) is 107 cm³/mol. The molecule has 0 radical (unpaired) electrons. The lowest BCUT2D eigenvalue weighted by Crippen LogP contribution is -2.28. The minimum atomic E-state index is 0.0116. The molecule has 2 aromatic carbocycles. The van der Waals surface area contributed by atoms with E-state index in [9.17, 15) is 4.79 Å². The molecule has 0 fully saturated rings. The van der Waals surface area contributed by atoms with Gasteiger partial charge in [-0.1, -0.05) is 66.6 Å². The van der Waals surface area contributed by atoms with Gasteiger partial charge in [0.05, 0.1) is 12.2 Å². The summed E-state index contributed by atoms with van der Waals surface area (Å²) in [6.07, 6.45) is 3.42. The average Bonchev–Trinajstić information content (AvgIpc) is 3.15. The standard InChI is InChI=1S/C23H26N2O2/c1-4-20(18-9-5-16(2)6-10-18)25-22(26)13-14-23-24-15-21(27-23)19-11-7-17(3)8-12-19/h5-12,15,20H,4,13-14H2,1-3H3,(H,25,26). The molecular weight excluding hydrogens is 336 g/mol. The average molecular weight is 362 g/mol. The van der Waals surface area contributed by atoms with Gasteiger partial charge in [-0.2, -0.15) is 0 Å². The molecule has 1 atom stereocenters. The molecule has 0 saturated heterocycles. The Bertz CT molecular complexity index is 880. The van der Waals surface area contributed by atoms with Crippen molar-refractivity contribution in [1.82, 2.24) is 10.3 Å². The second-order valence-electron chi connectivity index (χ2n) is 6.92. The molecule has 0 aliphatic rings. The summed E-state index contributed by atoms with van der Waals surface area (Å²) in [6, 6.07) is 16.4. The van der Waals surface area contributed by atoms with E-state index in [1.807, 2.05) is 31.2 Å². The molecule has 0 aliphatic heterocycles. The van der Waals surface area contributed by atoms with E-state index in [0.29, 0.717) is 18.7 Å². The van der Waals surface area contributed by atoms with E-state index < -0.39 is 0 Å². The van der Waals surface area contributed by atoms with E-state index in [4.69, 9.17) is 4.42 Å². The third-order valence-electron chi connectivity index (χ3n) is 4.68. The van der Waals surface area contributed by atoms with Gasteiger partial charge in [-0.25, -0.2) is 4.98 Å². The zero-order chi connectivity index (χ0) is 19.2. The molecule has 140 valence electrons. The lowest BCUT2D eigenvalue weighted by Gasteiger charge is -2.17. The third kappa shape index (κ3) is 5.07. The Labute approximate surface area is 160 Å². The second kappa shape index (κ2) is 8.67. The van der Waals surface area contributed by atoms with Crippen molar-refractivity contribution in [2.75, 3.05) is 0 Å². The predicted octanol–water partition coefficient (Wildman–Crippen LogP) is 5.16. The quantitative estimate of drug-likeness (QED) is 0.632. The molecule has 4 nitrogen and oxygen atoms in total. The van der Waals surface area contributed by atoms with E-state index >= 15 is 0 Å². The van der Waals surface area contributed by atoms with Crippen LogP contribution in [0.3, 0.4) is 0 Å². The Hall–Kier alpha value is -2.88. The second-order valence-corrected chi connectivity index (χ2v) is 6.92. The maximum Gasteiger partial charge on any atom is 0.220 e. The number of carbonyl (C=O) groups is 1. The number of nitrogens with zero attached hydrogens (tertiary/aromatic N) is 1. The van der Waals surface area contributed by atoms with E-state index in [-0.39, 0.29) is 11.9 Å². The van der Waals surface area contributed by atoms with Crippen LogP contribution in [-0.2, 0) is 11.2 Å². The number of aromatic nitrogens is 1. The van der Waals surface area contributed by atoms with Gasteiger partial charge in [0.1, 0.15) is 0 Å². The zero-order valence-electron chi connectivity index (χ0n) is 16.2. The molecule has 1 unspecified atom stereocenters. The highest BCUT2D eigenvalue weighted by atomic mass is 16.4. The maximum atomic E-state index is 12.4. The Kier molecular flexibility index (Phi) is 6.07. The highest BCUT2D eigenvalue weighted by molar-refractivity contribution is 5.76. The number of aryl methyl sites for hydroxylation is 3. The Morgan fingerprint density at radius 2 is 1.67 bits per heavy atom. The van der Waals surface area contributed by atoms with Gasteiger partial charge in [-0.05, 0) is 25.8 Å². The van der Waals surface area contributed by atoms with Crippen LogP contribution in [0.1, 0.15) is 48.4 Å². The van der Waals surface area contributed by atoms with Crippen molar-refractivity contribution in [1.29, 1.82) is 0 Å². The molecule has 1 aromatic heterocycles. The fourth-order valence-electron chi connectivity index (χ4n) is 2.98. The van der Waals surface area contributed by atoms with Gasteiger partial charge >= 0.3 is 0 Å². The monoisotopic (exact) mass is 362 g/mol. The summed E-state index contributed by atoms with van der Waals surface area (Å²) in [5.74, 6) is 1.33. The van der Waals surface area contributed by atoms with Gasteiger partial charge in [0.25, 0.3) is 0 Å². The smallest absolute Gasteiger partial charge is 0.220 e. The fraction of sp³-hybridized carbons (Fsp3) is 0.304. The summed E-state index contributed by atoms with van der Waals surface area (Å²) in [6.45, 7) is 6.19. The molecule has 4 heteroatoms. The molecular formula is C23H26N2O2. The first-order valence-electron chi connectivity index (χ1n) is 9.43. The van der Waals surface area contributed by atoms with E-state index in [0.717, 1.165) is 23.3 Å². The molecule has 0 spiro atoms. The van der Waals surface area contributed by atoms with Gasteiger partial charge in [-0.15, -0.1) is 0 Å².